The molecule has 1 heterocycles. The summed E-state index contributed by atoms with van der Waals surface area (Å²) in [6.07, 6.45) is -0.229. The van der Waals surface area contributed by atoms with Gasteiger partial charge in [0.1, 0.15) is 6.23 Å². The normalized spacial score (nSPS) is 13.8. The number of aromatic nitrogens is 4. The highest BCUT2D eigenvalue weighted by Crippen LogP contribution is 2.20. The molecule has 0 aliphatic carbocycles. The fraction of sp³-hybridized carbons (Fsp3) is 0.316. The lowest BCUT2D eigenvalue weighted by Crippen LogP contribution is -2.35. The number of hydrogen-bond acceptors (Lipinski definition) is 5. The largest absolute Gasteiger partial charge is 0.378 e. The lowest BCUT2D eigenvalue weighted by Gasteiger charge is -2.20. The molecule has 3 rings (SSSR count). The van der Waals surface area contributed by atoms with Crippen LogP contribution in [0.4, 0.5) is 0 Å². The molecule has 2 unspecified atom stereocenters. The molecular weight excluding hydrogens is 314 g/mol. The Balaban J connectivity index is 1.71. The molecule has 3 N–H and O–H groups in total. The van der Waals surface area contributed by atoms with Crippen LogP contribution in [-0.4, -0.2) is 32.0 Å². The van der Waals surface area contributed by atoms with E-state index < -0.39 is 6.23 Å². The van der Waals surface area contributed by atoms with E-state index in [9.17, 15) is 5.11 Å². The standard InChI is InChI=1S/C19H23N5O/c1-13(2)15-10-8-14(9-11-15)12-17(25)20-18(19-21-23-24-22-19)16-6-4-3-5-7-16/h3-11,13,17-18,20,25H,12H2,1-2H3,(H,21,22,23,24). The summed E-state index contributed by atoms with van der Waals surface area (Å²) in [6, 6.07) is 17.8. The molecule has 2 atom stereocenters. The van der Waals surface area contributed by atoms with Gasteiger partial charge < -0.3 is 5.11 Å². The number of nitrogens with one attached hydrogen (secondary N) is 2. The second kappa shape index (κ2) is 8.00. The minimum atomic E-state index is -0.728. The van der Waals surface area contributed by atoms with E-state index in [0.29, 0.717) is 18.2 Å². The van der Waals surface area contributed by atoms with Gasteiger partial charge in [-0.05, 0) is 22.6 Å². The molecule has 0 saturated carbocycles. The monoisotopic (exact) mass is 337 g/mol. The highest BCUT2D eigenvalue weighted by molar-refractivity contribution is 5.26. The molecule has 0 bridgehead atoms. The van der Waals surface area contributed by atoms with Crippen molar-refractivity contribution in [1.82, 2.24) is 25.9 Å². The van der Waals surface area contributed by atoms with Crippen molar-refractivity contribution in [3.05, 3.63) is 77.1 Å². The Hall–Kier alpha value is -2.57. The third-order valence-corrected chi connectivity index (χ3v) is 4.19. The van der Waals surface area contributed by atoms with Crippen LogP contribution in [0.15, 0.2) is 54.6 Å². The van der Waals surface area contributed by atoms with Crippen LogP contribution in [0.25, 0.3) is 0 Å². The van der Waals surface area contributed by atoms with E-state index in [4.69, 9.17) is 0 Å². The Labute approximate surface area is 147 Å². The van der Waals surface area contributed by atoms with E-state index in [0.717, 1.165) is 11.1 Å². The summed E-state index contributed by atoms with van der Waals surface area (Å²) in [6.45, 7) is 4.33. The lowest BCUT2D eigenvalue weighted by atomic mass is 10.0. The van der Waals surface area contributed by atoms with Gasteiger partial charge in [0.25, 0.3) is 0 Å². The Morgan fingerprint density at radius 1 is 1.00 bits per heavy atom. The molecule has 0 fully saturated rings. The molecule has 3 aromatic rings. The number of H-pyrrole nitrogens is 1. The van der Waals surface area contributed by atoms with Crippen LogP contribution < -0.4 is 5.32 Å². The molecule has 0 saturated heterocycles. The maximum Gasteiger partial charge on any atom is 0.195 e. The first-order valence-corrected chi connectivity index (χ1v) is 8.44. The van der Waals surface area contributed by atoms with Crippen LogP contribution >= 0.6 is 0 Å². The van der Waals surface area contributed by atoms with Gasteiger partial charge in [0, 0.05) is 6.42 Å². The molecule has 130 valence electrons. The van der Waals surface area contributed by atoms with Gasteiger partial charge in [-0.2, -0.15) is 5.21 Å². The molecular formula is C19H23N5O. The topological polar surface area (TPSA) is 86.7 Å². The Kier molecular flexibility index (Phi) is 5.53. The van der Waals surface area contributed by atoms with Crippen LogP contribution in [0.5, 0.6) is 0 Å². The molecule has 0 amide bonds. The predicted octanol–water partition coefficient (Wildman–Crippen LogP) is 2.56. The van der Waals surface area contributed by atoms with Crippen molar-refractivity contribution in [2.45, 2.75) is 38.5 Å². The number of rotatable bonds is 7. The van der Waals surface area contributed by atoms with Gasteiger partial charge in [-0.3, -0.25) is 5.32 Å². The minimum absolute atomic E-state index is 0.329. The molecule has 1 aromatic heterocycles. The second-order valence-electron chi connectivity index (χ2n) is 6.40. The smallest absolute Gasteiger partial charge is 0.195 e. The van der Waals surface area contributed by atoms with Crippen molar-refractivity contribution >= 4 is 0 Å². The van der Waals surface area contributed by atoms with Gasteiger partial charge in [0.15, 0.2) is 5.82 Å². The van der Waals surface area contributed by atoms with Crippen molar-refractivity contribution in [2.75, 3.05) is 0 Å². The zero-order chi connectivity index (χ0) is 17.6. The van der Waals surface area contributed by atoms with Gasteiger partial charge in [0.05, 0.1) is 6.04 Å². The molecule has 6 heteroatoms. The average Bonchev–Trinajstić information content (AvgIpc) is 3.15. The summed E-state index contributed by atoms with van der Waals surface area (Å²) in [5.74, 6) is 0.998. The average molecular weight is 337 g/mol. The fourth-order valence-corrected chi connectivity index (χ4v) is 2.77. The van der Waals surface area contributed by atoms with Gasteiger partial charge in [-0.15, -0.1) is 10.2 Å². The summed E-state index contributed by atoms with van der Waals surface area (Å²) in [5, 5.41) is 27.9. The highest BCUT2D eigenvalue weighted by Gasteiger charge is 2.21. The van der Waals surface area contributed by atoms with E-state index in [-0.39, 0.29) is 6.04 Å². The van der Waals surface area contributed by atoms with Crippen molar-refractivity contribution < 1.29 is 5.11 Å². The number of tetrazole rings is 1. The first kappa shape index (κ1) is 17.3. The zero-order valence-corrected chi connectivity index (χ0v) is 14.4. The van der Waals surface area contributed by atoms with E-state index in [1.807, 2.05) is 30.3 Å². The van der Waals surface area contributed by atoms with Crippen LogP contribution in [0.3, 0.4) is 0 Å². The van der Waals surface area contributed by atoms with E-state index >= 15 is 0 Å². The number of nitrogens with zero attached hydrogens (tertiary/aromatic N) is 3. The van der Waals surface area contributed by atoms with Crippen LogP contribution in [-0.2, 0) is 6.42 Å². The first-order valence-electron chi connectivity index (χ1n) is 8.44. The summed E-state index contributed by atoms with van der Waals surface area (Å²) < 4.78 is 0. The van der Waals surface area contributed by atoms with Crippen molar-refractivity contribution in [3.8, 4) is 0 Å². The second-order valence-corrected chi connectivity index (χ2v) is 6.40. The predicted molar refractivity (Wildman–Crippen MR) is 95.8 cm³/mol. The van der Waals surface area contributed by atoms with E-state index in [2.05, 4.69) is 64.1 Å². The molecule has 0 aliphatic heterocycles. The third kappa shape index (κ3) is 4.49. The van der Waals surface area contributed by atoms with Gasteiger partial charge in [0.2, 0.25) is 0 Å². The molecule has 0 spiro atoms. The van der Waals surface area contributed by atoms with Gasteiger partial charge in [-0.1, -0.05) is 73.7 Å². The number of aliphatic hydroxyl groups is 1. The molecule has 0 radical (unpaired) electrons. The van der Waals surface area contributed by atoms with Crippen molar-refractivity contribution in [2.24, 2.45) is 0 Å². The Morgan fingerprint density at radius 2 is 1.72 bits per heavy atom. The minimum Gasteiger partial charge on any atom is -0.378 e. The maximum absolute atomic E-state index is 10.5. The van der Waals surface area contributed by atoms with Crippen LogP contribution in [0.1, 0.15) is 48.3 Å². The summed E-state index contributed by atoms with van der Waals surface area (Å²) >= 11 is 0. The zero-order valence-electron chi connectivity index (χ0n) is 14.4. The number of hydrogen-bond donors (Lipinski definition) is 3. The van der Waals surface area contributed by atoms with E-state index in [1.165, 1.54) is 5.56 Å². The van der Waals surface area contributed by atoms with E-state index in [1.54, 1.807) is 0 Å². The van der Waals surface area contributed by atoms with Crippen LogP contribution in [0, 0.1) is 0 Å². The number of benzene rings is 2. The summed E-state index contributed by atoms with van der Waals surface area (Å²) in [7, 11) is 0. The SMILES string of the molecule is CC(C)c1ccc(CC(O)NC(c2ccccc2)c2nn[nH]n2)cc1. The molecule has 6 nitrogen and oxygen atoms in total. The summed E-state index contributed by atoms with van der Waals surface area (Å²) in [4.78, 5) is 0. The number of aromatic amines is 1. The molecule has 25 heavy (non-hydrogen) atoms. The lowest BCUT2D eigenvalue weighted by molar-refractivity contribution is 0.126. The molecule has 0 aliphatic rings. The van der Waals surface area contributed by atoms with Crippen molar-refractivity contribution in [3.63, 3.8) is 0 Å². The van der Waals surface area contributed by atoms with Crippen molar-refractivity contribution in [1.29, 1.82) is 0 Å². The fourth-order valence-electron chi connectivity index (χ4n) is 2.77. The summed E-state index contributed by atoms with van der Waals surface area (Å²) in [5.41, 5.74) is 3.34. The Morgan fingerprint density at radius 3 is 2.32 bits per heavy atom. The number of aliphatic hydroxyl groups excluding tert-OH is 1. The van der Waals surface area contributed by atoms with Gasteiger partial charge in [-0.25, -0.2) is 0 Å². The van der Waals surface area contributed by atoms with Gasteiger partial charge >= 0.3 is 0 Å². The highest BCUT2D eigenvalue weighted by atomic mass is 16.3. The maximum atomic E-state index is 10.5. The third-order valence-electron chi connectivity index (χ3n) is 4.19. The van der Waals surface area contributed by atoms with Crippen LogP contribution in [0.2, 0.25) is 0 Å². The Bertz CT molecular complexity index is 756. The first-order chi connectivity index (χ1) is 12.1. The molecule has 2 aromatic carbocycles. The quantitative estimate of drug-likeness (QED) is 0.577.